The van der Waals surface area contributed by atoms with Gasteiger partial charge in [-0.25, -0.2) is 0 Å². The third-order valence-corrected chi connectivity index (χ3v) is 10.3. The summed E-state index contributed by atoms with van der Waals surface area (Å²) in [7, 11) is 1.29. The van der Waals surface area contributed by atoms with Crippen LogP contribution in [0, 0.1) is 39.9 Å². The van der Waals surface area contributed by atoms with Gasteiger partial charge in [-0.2, -0.15) is 0 Å². The van der Waals surface area contributed by atoms with Gasteiger partial charge in [-0.1, -0.05) is 27.7 Å². The summed E-state index contributed by atoms with van der Waals surface area (Å²) < 4.78 is 16.0. The molecule has 8 atom stereocenters. The van der Waals surface area contributed by atoms with Gasteiger partial charge < -0.3 is 19.0 Å². The largest absolute Gasteiger partial charge is 0.472 e. The number of ketones is 2. The number of ether oxygens (including phenoxy) is 2. The van der Waals surface area contributed by atoms with Crippen LogP contribution in [0.15, 0.2) is 23.0 Å². The molecule has 1 N–H and O–H groups in total. The summed E-state index contributed by atoms with van der Waals surface area (Å²) in [6, 6.07) is 1.76. The second-order valence-electron chi connectivity index (χ2n) is 12.1. The summed E-state index contributed by atoms with van der Waals surface area (Å²) in [6.07, 6.45) is 3.52. The van der Waals surface area contributed by atoms with Crippen LogP contribution in [-0.2, 0) is 28.7 Å². The zero-order valence-corrected chi connectivity index (χ0v) is 21.0. The van der Waals surface area contributed by atoms with E-state index in [1.165, 1.54) is 13.4 Å². The molecular formula is C27H34O8. The van der Waals surface area contributed by atoms with Gasteiger partial charge in [-0.05, 0) is 31.2 Å². The second-order valence-corrected chi connectivity index (χ2v) is 12.1. The van der Waals surface area contributed by atoms with Crippen molar-refractivity contribution in [1.82, 2.24) is 0 Å². The number of Topliss-reactive ketones (excluding diaryl/α,β-unsaturated/α-hetero) is 2. The van der Waals surface area contributed by atoms with Gasteiger partial charge in [0.25, 0.3) is 0 Å². The van der Waals surface area contributed by atoms with Crippen LogP contribution in [0.25, 0.3) is 0 Å². The van der Waals surface area contributed by atoms with Crippen molar-refractivity contribution in [2.24, 2.45) is 39.9 Å². The summed E-state index contributed by atoms with van der Waals surface area (Å²) in [5.41, 5.74) is -3.37. The number of furan rings is 1. The Hall–Kier alpha value is -2.48. The molecule has 3 aliphatic carbocycles. The smallest absolute Gasteiger partial charge is 0.306 e. The first kappa shape index (κ1) is 24.2. The fourth-order valence-corrected chi connectivity index (χ4v) is 8.56. The maximum Gasteiger partial charge on any atom is 0.306 e. The first-order chi connectivity index (χ1) is 16.3. The third kappa shape index (κ3) is 3.01. The molecule has 4 fully saturated rings. The minimum absolute atomic E-state index is 0.00803. The molecule has 0 radical (unpaired) electrons. The quantitative estimate of drug-likeness (QED) is 0.510. The molecule has 190 valence electrons. The van der Waals surface area contributed by atoms with E-state index in [1.807, 2.05) is 13.8 Å². The lowest BCUT2D eigenvalue weighted by Gasteiger charge is -2.68. The molecule has 8 nitrogen and oxygen atoms in total. The Balaban J connectivity index is 1.64. The SMILES string of the molecule is COC(=O)CC1C(C)(C)C(=O)C2CC3(O)C4CC(=O)OC(c5ccoc5)C4(C)CCC3C1(C)C2=O. The molecule has 0 amide bonds. The maximum atomic E-state index is 13.9. The van der Waals surface area contributed by atoms with Gasteiger partial charge in [0.2, 0.25) is 0 Å². The highest BCUT2D eigenvalue weighted by molar-refractivity contribution is 6.11. The van der Waals surface area contributed by atoms with Gasteiger partial charge >= 0.3 is 11.9 Å². The van der Waals surface area contributed by atoms with Crippen molar-refractivity contribution in [3.8, 4) is 0 Å². The van der Waals surface area contributed by atoms with E-state index in [1.54, 1.807) is 26.2 Å². The maximum absolute atomic E-state index is 13.9. The Morgan fingerprint density at radius 1 is 1.14 bits per heavy atom. The molecule has 35 heavy (non-hydrogen) atoms. The topological polar surface area (TPSA) is 120 Å². The predicted molar refractivity (Wildman–Crippen MR) is 122 cm³/mol. The Morgan fingerprint density at radius 2 is 1.86 bits per heavy atom. The summed E-state index contributed by atoms with van der Waals surface area (Å²) in [6.45, 7) is 7.42. The minimum atomic E-state index is -1.44. The normalized spacial score (nSPS) is 44.2. The first-order valence-electron chi connectivity index (χ1n) is 12.4. The Labute approximate surface area is 204 Å². The van der Waals surface area contributed by atoms with Crippen molar-refractivity contribution in [2.45, 2.75) is 71.5 Å². The summed E-state index contributed by atoms with van der Waals surface area (Å²) >= 11 is 0. The van der Waals surface area contributed by atoms with E-state index in [-0.39, 0.29) is 30.8 Å². The van der Waals surface area contributed by atoms with Crippen LogP contribution in [0.4, 0.5) is 0 Å². The number of esters is 2. The fourth-order valence-electron chi connectivity index (χ4n) is 8.56. The number of aliphatic hydroxyl groups is 1. The number of carbonyl (C=O) groups excluding carboxylic acids is 4. The molecule has 8 unspecified atom stereocenters. The first-order valence-corrected chi connectivity index (χ1v) is 12.4. The lowest BCUT2D eigenvalue weighted by molar-refractivity contribution is -0.261. The number of hydrogen-bond donors (Lipinski definition) is 1. The Kier molecular flexibility index (Phi) is 5.20. The van der Waals surface area contributed by atoms with Crippen molar-refractivity contribution >= 4 is 23.5 Å². The van der Waals surface area contributed by atoms with Crippen molar-refractivity contribution in [1.29, 1.82) is 0 Å². The standard InChI is InChI=1S/C27H34O8/c1-24(2)17(10-19(28)33-5)26(4)16-6-8-25(3)18(27(16,32)12-15(21(24)30)22(26)31)11-20(29)35-23(25)14-7-9-34-13-14/h7,9,13,15-18,23,32H,6,8,10-12H2,1-5H3. The molecule has 1 aliphatic heterocycles. The molecule has 8 heteroatoms. The van der Waals surface area contributed by atoms with Crippen molar-refractivity contribution in [3.05, 3.63) is 24.2 Å². The van der Waals surface area contributed by atoms with Crippen LogP contribution < -0.4 is 0 Å². The van der Waals surface area contributed by atoms with Crippen LogP contribution in [0.5, 0.6) is 0 Å². The molecule has 2 heterocycles. The van der Waals surface area contributed by atoms with Crippen LogP contribution in [0.3, 0.4) is 0 Å². The lowest BCUT2D eigenvalue weighted by atomic mass is 9.36. The van der Waals surface area contributed by atoms with E-state index in [9.17, 15) is 24.3 Å². The number of hydrogen-bond acceptors (Lipinski definition) is 8. The molecular weight excluding hydrogens is 452 g/mol. The number of fused-ring (bicyclic) bond motifs is 6. The molecule has 4 aliphatic rings. The average Bonchev–Trinajstić information content (AvgIpc) is 3.33. The van der Waals surface area contributed by atoms with Gasteiger partial charge in [-0.15, -0.1) is 0 Å². The summed E-state index contributed by atoms with van der Waals surface area (Å²) in [5, 5.41) is 12.5. The molecule has 1 aromatic heterocycles. The highest BCUT2D eigenvalue weighted by Crippen LogP contribution is 2.70. The molecule has 1 saturated heterocycles. The lowest BCUT2D eigenvalue weighted by Crippen LogP contribution is -2.74. The molecule has 3 saturated carbocycles. The van der Waals surface area contributed by atoms with Crippen LogP contribution in [0.1, 0.15) is 71.5 Å². The van der Waals surface area contributed by atoms with Crippen molar-refractivity contribution in [2.75, 3.05) is 7.11 Å². The summed E-state index contributed by atoms with van der Waals surface area (Å²) in [5.74, 6) is -3.97. The van der Waals surface area contributed by atoms with Gasteiger partial charge in [0.15, 0.2) is 0 Å². The van der Waals surface area contributed by atoms with Gasteiger partial charge in [0.1, 0.15) is 17.7 Å². The zero-order valence-electron chi connectivity index (χ0n) is 21.0. The Bertz CT molecular complexity index is 1090. The van der Waals surface area contributed by atoms with Crippen molar-refractivity contribution in [3.63, 3.8) is 0 Å². The van der Waals surface area contributed by atoms with Crippen LogP contribution in [-0.4, -0.2) is 41.3 Å². The minimum Gasteiger partial charge on any atom is -0.472 e. The zero-order chi connectivity index (χ0) is 25.6. The number of cyclic esters (lactones) is 1. The highest BCUT2D eigenvalue weighted by atomic mass is 16.5. The highest BCUT2D eigenvalue weighted by Gasteiger charge is 2.74. The molecule has 5 rings (SSSR count). The fraction of sp³-hybridized carbons (Fsp3) is 0.704. The predicted octanol–water partition coefficient (Wildman–Crippen LogP) is 3.41. The summed E-state index contributed by atoms with van der Waals surface area (Å²) in [4.78, 5) is 52.8. The molecule has 0 aromatic carbocycles. The van der Waals surface area contributed by atoms with Crippen LogP contribution >= 0.6 is 0 Å². The second kappa shape index (κ2) is 7.51. The number of rotatable bonds is 3. The van der Waals surface area contributed by atoms with E-state index in [0.717, 1.165) is 5.56 Å². The van der Waals surface area contributed by atoms with E-state index >= 15 is 0 Å². The number of carbonyl (C=O) groups is 4. The molecule has 1 aromatic rings. The van der Waals surface area contributed by atoms with Gasteiger partial charge in [0.05, 0.1) is 44.0 Å². The van der Waals surface area contributed by atoms with E-state index in [0.29, 0.717) is 12.8 Å². The van der Waals surface area contributed by atoms with E-state index in [4.69, 9.17) is 13.9 Å². The third-order valence-electron chi connectivity index (χ3n) is 10.3. The molecule has 0 spiro atoms. The molecule has 2 bridgehead atoms. The average molecular weight is 487 g/mol. The van der Waals surface area contributed by atoms with Gasteiger partial charge in [0, 0.05) is 33.6 Å². The van der Waals surface area contributed by atoms with Gasteiger partial charge in [-0.3, -0.25) is 19.2 Å². The van der Waals surface area contributed by atoms with E-state index in [2.05, 4.69) is 0 Å². The van der Waals surface area contributed by atoms with Crippen LogP contribution in [0.2, 0.25) is 0 Å². The van der Waals surface area contributed by atoms with E-state index < -0.39 is 63.6 Å². The monoisotopic (exact) mass is 486 g/mol. The van der Waals surface area contributed by atoms with Crippen molar-refractivity contribution < 1.29 is 38.2 Å². The Morgan fingerprint density at radius 3 is 2.49 bits per heavy atom. The number of methoxy groups -OCH3 is 1.